The van der Waals surface area contributed by atoms with Crippen molar-refractivity contribution in [2.24, 2.45) is 0 Å². The zero-order valence-corrected chi connectivity index (χ0v) is 12.2. The third kappa shape index (κ3) is 3.43. The van der Waals surface area contributed by atoms with Crippen molar-refractivity contribution in [3.63, 3.8) is 0 Å². The van der Waals surface area contributed by atoms with E-state index in [1.165, 1.54) is 6.20 Å². The van der Waals surface area contributed by atoms with Gasteiger partial charge in [-0.15, -0.1) is 0 Å². The van der Waals surface area contributed by atoms with E-state index in [-0.39, 0.29) is 5.56 Å². The molecule has 5 nitrogen and oxygen atoms in total. The summed E-state index contributed by atoms with van der Waals surface area (Å²) in [7, 11) is 0. The summed E-state index contributed by atoms with van der Waals surface area (Å²) in [5.74, 6) is 0.112. The van der Waals surface area contributed by atoms with Gasteiger partial charge in [-0.2, -0.15) is 13.2 Å². The van der Waals surface area contributed by atoms with Gasteiger partial charge in [0.1, 0.15) is 12.1 Å². The van der Waals surface area contributed by atoms with Crippen molar-refractivity contribution in [3.8, 4) is 5.82 Å². The summed E-state index contributed by atoms with van der Waals surface area (Å²) >= 11 is 0. The van der Waals surface area contributed by atoms with Gasteiger partial charge < -0.3 is 5.32 Å². The highest BCUT2D eigenvalue weighted by Gasteiger charge is 2.30. The lowest BCUT2D eigenvalue weighted by atomic mass is 10.1. The number of carbonyl (C=O) groups is 1. The van der Waals surface area contributed by atoms with Gasteiger partial charge in [0.15, 0.2) is 0 Å². The summed E-state index contributed by atoms with van der Waals surface area (Å²) < 4.78 is 39.2. The summed E-state index contributed by atoms with van der Waals surface area (Å²) in [6.07, 6.45) is 1.95. The van der Waals surface area contributed by atoms with Crippen LogP contribution >= 0.6 is 0 Å². The van der Waals surface area contributed by atoms with Crippen LogP contribution in [0.2, 0.25) is 0 Å². The molecule has 122 valence electrons. The van der Waals surface area contributed by atoms with Crippen LogP contribution in [0.5, 0.6) is 0 Å². The van der Waals surface area contributed by atoms with Crippen molar-refractivity contribution >= 4 is 11.6 Å². The molecule has 3 rings (SSSR count). The number of benzene rings is 1. The number of carbonyl (C=O) groups excluding carboxylic acids is 1. The predicted molar refractivity (Wildman–Crippen MR) is 80.8 cm³/mol. The lowest BCUT2D eigenvalue weighted by Crippen LogP contribution is -2.13. The number of rotatable bonds is 3. The molecule has 3 aromatic rings. The Morgan fingerprint density at radius 2 is 1.83 bits per heavy atom. The van der Waals surface area contributed by atoms with Gasteiger partial charge in [-0.05, 0) is 36.4 Å². The molecule has 0 aliphatic carbocycles. The van der Waals surface area contributed by atoms with E-state index in [9.17, 15) is 18.0 Å². The normalized spacial score (nSPS) is 11.3. The molecule has 8 heteroatoms. The van der Waals surface area contributed by atoms with Gasteiger partial charge in [0.25, 0.3) is 5.91 Å². The summed E-state index contributed by atoms with van der Waals surface area (Å²) in [5.41, 5.74) is -0.240. The van der Waals surface area contributed by atoms with E-state index in [1.54, 1.807) is 35.4 Å². The Morgan fingerprint density at radius 3 is 2.38 bits per heavy atom. The van der Waals surface area contributed by atoms with Crippen molar-refractivity contribution < 1.29 is 18.0 Å². The highest BCUT2D eigenvalue weighted by molar-refractivity contribution is 6.04. The molecule has 0 spiro atoms. The Kier molecular flexibility index (Phi) is 4.03. The predicted octanol–water partition coefficient (Wildman–Crippen LogP) is 3.54. The van der Waals surface area contributed by atoms with Gasteiger partial charge in [0, 0.05) is 18.0 Å². The van der Waals surface area contributed by atoms with Gasteiger partial charge in [0.05, 0.1) is 17.4 Å². The van der Waals surface area contributed by atoms with Crippen LogP contribution < -0.4 is 5.32 Å². The quantitative estimate of drug-likeness (QED) is 0.798. The molecule has 0 unspecified atom stereocenters. The topological polar surface area (TPSA) is 59.8 Å². The van der Waals surface area contributed by atoms with Gasteiger partial charge >= 0.3 is 6.18 Å². The largest absolute Gasteiger partial charge is 0.416 e. The smallest absolute Gasteiger partial charge is 0.321 e. The summed E-state index contributed by atoms with van der Waals surface area (Å²) in [6.45, 7) is 0. The molecule has 0 atom stereocenters. The Bertz CT molecular complexity index is 825. The van der Waals surface area contributed by atoms with Crippen LogP contribution in [-0.2, 0) is 6.18 Å². The van der Waals surface area contributed by atoms with Crippen LogP contribution in [0.15, 0.2) is 61.3 Å². The second-order valence-corrected chi connectivity index (χ2v) is 4.90. The van der Waals surface area contributed by atoms with Crippen LogP contribution in [0.4, 0.5) is 18.9 Å². The zero-order valence-electron chi connectivity index (χ0n) is 12.2. The maximum absolute atomic E-state index is 12.5. The molecule has 1 aromatic carbocycles. The number of amides is 1. The molecule has 0 aliphatic rings. The van der Waals surface area contributed by atoms with Gasteiger partial charge in [-0.3, -0.25) is 9.36 Å². The van der Waals surface area contributed by atoms with Crippen molar-refractivity contribution in [3.05, 3.63) is 72.4 Å². The van der Waals surface area contributed by atoms with Crippen LogP contribution in [0.25, 0.3) is 5.82 Å². The molecule has 2 heterocycles. The van der Waals surface area contributed by atoms with E-state index in [4.69, 9.17) is 0 Å². The maximum Gasteiger partial charge on any atom is 0.416 e. The zero-order chi connectivity index (χ0) is 17.2. The standard InChI is InChI=1S/C16H11F3N4O/c17-16(18,19)12-3-1-11(2-4-12)15(24)22-13-5-6-14(21-9-13)23-8-7-20-10-23/h1-10H,(H,22,24). The molecule has 24 heavy (non-hydrogen) atoms. The minimum absolute atomic E-state index is 0.127. The number of hydrogen-bond acceptors (Lipinski definition) is 3. The molecular weight excluding hydrogens is 321 g/mol. The molecule has 0 fully saturated rings. The highest BCUT2D eigenvalue weighted by Crippen LogP contribution is 2.29. The summed E-state index contributed by atoms with van der Waals surface area (Å²) in [4.78, 5) is 20.1. The second-order valence-electron chi connectivity index (χ2n) is 4.90. The molecular formula is C16H11F3N4O. The number of nitrogens with zero attached hydrogens (tertiary/aromatic N) is 3. The first-order chi connectivity index (χ1) is 11.4. The molecule has 0 saturated carbocycles. The Morgan fingerprint density at radius 1 is 1.08 bits per heavy atom. The number of aromatic nitrogens is 3. The average molecular weight is 332 g/mol. The first-order valence-corrected chi connectivity index (χ1v) is 6.86. The Labute approximate surface area is 134 Å². The number of alkyl halides is 3. The number of pyridine rings is 1. The maximum atomic E-state index is 12.5. The van der Waals surface area contributed by atoms with E-state index in [1.807, 2.05) is 0 Å². The van der Waals surface area contributed by atoms with E-state index in [0.29, 0.717) is 11.5 Å². The third-order valence-electron chi connectivity index (χ3n) is 3.25. The van der Waals surface area contributed by atoms with Gasteiger partial charge in [-0.1, -0.05) is 0 Å². The lowest BCUT2D eigenvalue weighted by molar-refractivity contribution is -0.137. The monoisotopic (exact) mass is 332 g/mol. The number of imidazole rings is 1. The molecule has 0 radical (unpaired) electrons. The third-order valence-corrected chi connectivity index (χ3v) is 3.25. The molecule has 1 amide bonds. The fourth-order valence-electron chi connectivity index (χ4n) is 2.02. The number of nitrogens with one attached hydrogen (secondary N) is 1. The Balaban J connectivity index is 1.70. The van der Waals surface area contributed by atoms with E-state index in [2.05, 4.69) is 15.3 Å². The fourth-order valence-corrected chi connectivity index (χ4v) is 2.02. The molecule has 2 aromatic heterocycles. The van der Waals surface area contributed by atoms with Crippen LogP contribution in [-0.4, -0.2) is 20.4 Å². The van der Waals surface area contributed by atoms with E-state index >= 15 is 0 Å². The average Bonchev–Trinajstić information content (AvgIpc) is 3.09. The lowest BCUT2D eigenvalue weighted by Gasteiger charge is -2.09. The minimum atomic E-state index is -4.43. The van der Waals surface area contributed by atoms with Crippen molar-refractivity contribution in [2.45, 2.75) is 6.18 Å². The van der Waals surface area contributed by atoms with Crippen molar-refractivity contribution in [2.75, 3.05) is 5.32 Å². The summed E-state index contributed by atoms with van der Waals surface area (Å²) in [5, 5.41) is 2.58. The molecule has 0 bridgehead atoms. The van der Waals surface area contributed by atoms with E-state index < -0.39 is 17.6 Å². The summed E-state index contributed by atoms with van der Waals surface area (Å²) in [6, 6.07) is 7.33. The minimum Gasteiger partial charge on any atom is -0.321 e. The van der Waals surface area contributed by atoms with E-state index in [0.717, 1.165) is 24.3 Å². The highest BCUT2D eigenvalue weighted by atomic mass is 19.4. The van der Waals surface area contributed by atoms with Crippen LogP contribution in [0.3, 0.4) is 0 Å². The van der Waals surface area contributed by atoms with Gasteiger partial charge in [-0.25, -0.2) is 9.97 Å². The Hall–Kier alpha value is -3.16. The number of hydrogen-bond donors (Lipinski definition) is 1. The molecule has 0 aliphatic heterocycles. The first kappa shape index (κ1) is 15.7. The number of anilines is 1. The molecule has 0 saturated heterocycles. The van der Waals surface area contributed by atoms with Crippen LogP contribution in [0.1, 0.15) is 15.9 Å². The molecule has 1 N–H and O–H groups in total. The van der Waals surface area contributed by atoms with Gasteiger partial charge in [0.2, 0.25) is 0 Å². The van der Waals surface area contributed by atoms with Crippen LogP contribution in [0, 0.1) is 0 Å². The van der Waals surface area contributed by atoms with Crippen molar-refractivity contribution in [1.29, 1.82) is 0 Å². The first-order valence-electron chi connectivity index (χ1n) is 6.86. The SMILES string of the molecule is O=C(Nc1ccc(-n2ccnc2)nc1)c1ccc(C(F)(F)F)cc1. The number of halogens is 3. The fraction of sp³-hybridized carbons (Fsp3) is 0.0625. The second kappa shape index (κ2) is 6.15. The van der Waals surface area contributed by atoms with Crippen molar-refractivity contribution in [1.82, 2.24) is 14.5 Å².